The van der Waals surface area contributed by atoms with Crippen molar-refractivity contribution in [2.45, 2.75) is 50.3 Å². The normalized spacial score (nSPS) is 10.9. The summed E-state index contributed by atoms with van der Waals surface area (Å²) in [6, 6.07) is 5.99. The summed E-state index contributed by atoms with van der Waals surface area (Å²) in [5, 5.41) is 16.9. The first-order valence-electron chi connectivity index (χ1n) is 7.17. The van der Waals surface area contributed by atoms with Crippen LogP contribution in [0.15, 0.2) is 29.2 Å². The maximum atomic E-state index is 10.5. The molecule has 0 atom stereocenters. The molecule has 0 saturated carbocycles. The Morgan fingerprint density at radius 3 is 1.52 bits per heavy atom. The zero-order valence-electron chi connectivity index (χ0n) is 12.5. The van der Waals surface area contributed by atoms with Crippen LogP contribution in [-0.4, -0.2) is 36.4 Å². The second-order valence-electron chi connectivity index (χ2n) is 4.86. The zero-order chi connectivity index (χ0) is 16.1. The molecule has 0 bridgehead atoms. The SMILES string of the molecule is Cc1ccc(S(=O)(=O)O)cc1.OCCCCCCCCO. The van der Waals surface area contributed by atoms with Crippen LogP contribution >= 0.6 is 0 Å². The van der Waals surface area contributed by atoms with Crippen molar-refractivity contribution < 1.29 is 23.2 Å². The van der Waals surface area contributed by atoms with Crippen molar-refractivity contribution in [3.05, 3.63) is 29.8 Å². The highest BCUT2D eigenvalue weighted by Crippen LogP contribution is 2.08. The second-order valence-corrected chi connectivity index (χ2v) is 6.28. The van der Waals surface area contributed by atoms with Gasteiger partial charge in [-0.3, -0.25) is 4.55 Å². The van der Waals surface area contributed by atoms with E-state index in [0.717, 1.165) is 31.2 Å². The fourth-order valence-electron chi connectivity index (χ4n) is 1.64. The molecule has 122 valence electrons. The number of aliphatic hydroxyl groups excluding tert-OH is 2. The Hall–Kier alpha value is -0.950. The van der Waals surface area contributed by atoms with Gasteiger partial charge in [-0.1, -0.05) is 43.4 Å². The summed E-state index contributed by atoms with van der Waals surface area (Å²) in [5.74, 6) is 0. The molecule has 1 aromatic rings. The summed E-state index contributed by atoms with van der Waals surface area (Å²) in [5.41, 5.74) is 0.956. The van der Waals surface area contributed by atoms with Crippen LogP contribution in [0.3, 0.4) is 0 Å². The molecule has 6 heteroatoms. The Labute approximate surface area is 127 Å². The third-order valence-electron chi connectivity index (χ3n) is 2.89. The van der Waals surface area contributed by atoms with Crippen LogP contribution < -0.4 is 0 Å². The van der Waals surface area contributed by atoms with Gasteiger partial charge in [-0.2, -0.15) is 8.42 Å². The number of rotatable bonds is 8. The molecular weight excluding hydrogens is 292 g/mol. The van der Waals surface area contributed by atoms with E-state index in [0.29, 0.717) is 13.2 Å². The van der Waals surface area contributed by atoms with Crippen molar-refractivity contribution in [3.8, 4) is 0 Å². The van der Waals surface area contributed by atoms with Crippen molar-refractivity contribution in [2.75, 3.05) is 13.2 Å². The van der Waals surface area contributed by atoms with Crippen LogP contribution in [0.25, 0.3) is 0 Å². The van der Waals surface area contributed by atoms with E-state index in [1.807, 2.05) is 6.92 Å². The molecule has 1 rings (SSSR count). The molecule has 0 saturated heterocycles. The third-order valence-corrected chi connectivity index (χ3v) is 3.75. The number of unbranched alkanes of at least 4 members (excludes halogenated alkanes) is 5. The third kappa shape index (κ3) is 11.4. The maximum Gasteiger partial charge on any atom is 0.294 e. The van der Waals surface area contributed by atoms with Gasteiger partial charge in [-0.05, 0) is 31.9 Å². The number of aryl methyl sites for hydroxylation is 1. The van der Waals surface area contributed by atoms with E-state index in [1.165, 1.54) is 25.0 Å². The van der Waals surface area contributed by atoms with Crippen molar-refractivity contribution in [1.82, 2.24) is 0 Å². The fraction of sp³-hybridized carbons (Fsp3) is 0.600. The largest absolute Gasteiger partial charge is 0.396 e. The average molecular weight is 318 g/mol. The van der Waals surface area contributed by atoms with Crippen molar-refractivity contribution in [1.29, 1.82) is 0 Å². The molecule has 5 nitrogen and oxygen atoms in total. The Kier molecular flexibility index (Phi) is 11.2. The van der Waals surface area contributed by atoms with Crippen molar-refractivity contribution in [3.63, 3.8) is 0 Å². The van der Waals surface area contributed by atoms with Gasteiger partial charge in [0, 0.05) is 13.2 Å². The average Bonchev–Trinajstić information content (AvgIpc) is 2.43. The summed E-state index contributed by atoms with van der Waals surface area (Å²) < 4.78 is 29.6. The standard InChI is InChI=1S/C8H18O2.C7H8O3S/c9-7-5-3-1-2-4-6-8-10;1-6-2-4-7(5-3-6)11(8,9)10/h9-10H,1-8H2;2-5H,1H3,(H,8,9,10). The van der Waals surface area contributed by atoms with E-state index in [9.17, 15) is 8.42 Å². The van der Waals surface area contributed by atoms with Crippen LogP contribution in [-0.2, 0) is 10.1 Å². The molecular formula is C15H26O5S. The predicted molar refractivity (Wildman–Crippen MR) is 82.9 cm³/mol. The molecule has 0 fully saturated rings. The molecule has 0 unspecified atom stereocenters. The Morgan fingerprint density at radius 2 is 1.19 bits per heavy atom. The van der Waals surface area contributed by atoms with Gasteiger partial charge in [0.05, 0.1) is 4.90 Å². The minimum Gasteiger partial charge on any atom is -0.396 e. The van der Waals surface area contributed by atoms with Gasteiger partial charge in [0.2, 0.25) is 0 Å². The molecule has 0 aromatic heterocycles. The molecule has 1 aromatic carbocycles. The van der Waals surface area contributed by atoms with Crippen LogP contribution in [0.2, 0.25) is 0 Å². The van der Waals surface area contributed by atoms with Crippen molar-refractivity contribution >= 4 is 10.1 Å². The zero-order valence-corrected chi connectivity index (χ0v) is 13.3. The number of aliphatic hydroxyl groups is 2. The first-order valence-corrected chi connectivity index (χ1v) is 8.61. The molecule has 0 aliphatic rings. The highest BCUT2D eigenvalue weighted by molar-refractivity contribution is 7.85. The molecule has 0 radical (unpaired) electrons. The van der Waals surface area contributed by atoms with Crippen LogP contribution in [0.5, 0.6) is 0 Å². The van der Waals surface area contributed by atoms with E-state index >= 15 is 0 Å². The molecule has 0 aliphatic carbocycles. The van der Waals surface area contributed by atoms with E-state index in [1.54, 1.807) is 12.1 Å². The smallest absolute Gasteiger partial charge is 0.294 e. The summed E-state index contributed by atoms with van der Waals surface area (Å²) in [4.78, 5) is -0.0666. The van der Waals surface area contributed by atoms with Gasteiger partial charge in [-0.15, -0.1) is 0 Å². The molecule has 0 spiro atoms. The highest BCUT2D eigenvalue weighted by Gasteiger charge is 2.06. The lowest BCUT2D eigenvalue weighted by atomic mass is 10.1. The first kappa shape index (κ1) is 20.1. The fourth-order valence-corrected chi connectivity index (χ4v) is 2.12. The summed E-state index contributed by atoms with van der Waals surface area (Å²) in [7, 11) is -4.02. The first-order chi connectivity index (χ1) is 9.91. The molecule has 21 heavy (non-hydrogen) atoms. The van der Waals surface area contributed by atoms with Crippen molar-refractivity contribution in [2.24, 2.45) is 0 Å². The quantitative estimate of drug-likeness (QED) is 0.506. The lowest BCUT2D eigenvalue weighted by Crippen LogP contribution is -1.96. The van der Waals surface area contributed by atoms with Gasteiger partial charge in [0.1, 0.15) is 0 Å². The van der Waals surface area contributed by atoms with E-state index in [4.69, 9.17) is 14.8 Å². The Morgan fingerprint density at radius 1 is 0.810 bits per heavy atom. The number of benzene rings is 1. The minimum atomic E-state index is -4.02. The Balaban J connectivity index is 0.000000384. The van der Waals surface area contributed by atoms with E-state index < -0.39 is 10.1 Å². The van der Waals surface area contributed by atoms with Gasteiger partial charge in [-0.25, -0.2) is 0 Å². The maximum absolute atomic E-state index is 10.5. The van der Waals surface area contributed by atoms with Gasteiger partial charge in [0.15, 0.2) is 0 Å². The lowest BCUT2D eigenvalue weighted by molar-refractivity contribution is 0.275. The van der Waals surface area contributed by atoms with Gasteiger partial charge >= 0.3 is 0 Å². The summed E-state index contributed by atoms with van der Waals surface area (Å²) >= 11 is 0. The van der Waals surface area contributed by atoms with Crippen LogP contribution in [0, 0.1) is 6.92 Å². The number of hydrogen-bond acceptors (Lipinski definition) is 4. The topological polar surface area (TPSA) is 94.8 Å². The predicted octanol–water partition coefficient (Wildman–Crippen LogP) is 2.55. The summed E-state index contributed by atoms with van der Waals surface area (Å²) in [6.07, 6.45) is 6.50. The number of hydrogen-bond donors (Lipinski definition) is 3. The monoisotopic (exact) mass is 318 g/mol. The molecule has 3 N–H and O–H groups in total. The highest BCUT2D eigenvalue weighted by atomic mass is 32.2. The molecule has 0 amide bonds. The Bertz CT molecular complexity index is 445. The lowest BCUT2D eigenvalue weighted by Gasteiger charge is -1.97. The van der Waals surface area contributed by atoms with Crippen LogP contribution in [0.1, 0.15) is 44.1 Å². The van der Waals surface area contributed by atoms with Crippen LogP contribution in [0.4, 0.5) is 0 Å². The van der Waals surface area contributed by atoms with E-state index in [-0.39, 0.29) is 4.90 Å². The molecule has 0 heterocycles. The second kappa shape index (κ2) is 11.7. The van der Waals surface area contributed by atoms with Gasteiger partial charge in [0.25, 0.3) is 10.1 Å². The summed E-state index contributed by atoms with van der Waals surface area (Å²) in [6.45, 7) is 2.48. The molecule has 0 aliphatic heterocycles. The minimum absolute atomic E-state index is 0.0666. The van der Waals surface area contributed by atoms with Gasteiger partial charge < -0.3 is 10.2 Å². The van der Waals surface area contributed by atoms with E-state index in [2.05, 4.69) is 0 Å².